The highest BCUT2D eigenvalue weighted by Crippen LogP contribution is 2.40. The highest BCUT2D eigenvalue weighted by molar-refractivity contribution is 5.95. The third kappa shape index (κ3) is 2.83. The smallest absolute Gasteiger partial charge is 0.254 e. The van der Waals surface area contributed by atoms with Gasteiger partial charge in [0, 0.05) is 18.7 Å². The fraction of sp³-hybridized carbons (Fsp3) is 0.562. The standard InChI is InChI=1S/C16H22N2O4/c1-18(12-3-5-17-6-4-12)16(19)11-9-13(20-2)15-14(10-11)21-7-8-22-15/h9-10,12,17H,3-8H2,1-2H3. The molecule has 0 aromatic heterocycles. The van der Waals surface area contributed by atoms with Crippen molar-refractivity contribution in [3.8, 4) is 17.2 Å². The number of amides is 1. The number of benzene rings is 1. The molecule has 0 aliphatic carbocycles. The van der Waals surface area contributed by atoms with Crippen LogP contribution in [0.4, 0.5) is 0 Å². The van der Waals surface area contributed by atoms with E-state index in [1.54, 1.807) is 19.2 Å². The third-order valence-corrected chi connectivity index (χ3v) is 4.25. The summed E-state index contributed by atoms with van der Waals surface area (Å²) in [6, 6.07) is 3.75. The molecule has 0 bridgehead atoms. The van der Waals surface area contributed by atoms with Crippen molar-refractivity contribution in [3.63, 3.8) is 0 Å². The lowest BCUT2D eigenvalue weighted by Gasteiger charge is -2.32. The normalized spacial score (nSPS) is 17.9. The number of fused-ring (bicyclic) bond motifs is 1. The van der Waals surface area contributed by atoms with Crippen molar-refractivity contribution >= 4 is 5.91 Å². The Kier molecular flexibility index (Phi) is 4.38. The third-order valence-electron chi connectivity index (χ3n) is 4.25. The van der Waals surface area contributed by atoms with E-state index >= 15 is 0 Å². The Balaban J connectivity index is 1.85. The van der Waals surface area contributed by atoms with Crippen LogP contribution in [0.1, 0.15) is 23.2 Å². The van der Waals surface area contributed by atoms with E-state index in [-0.39, 0.29) is 11.9 Å². The summed E-state index contributed by atoms with van der Waals surface area (Å²) in [7, 11) is 3.43. The summed E-state index contributed by atoms with van der Waals surface area (Å²) in [5, 5.41) is 3.31. The first-order valence-electron chi connectivity index (χ1n) is 7.66. The molecule has 0 atom stereocenters. The number of nitrogens with one attached hydrogen (secondary N) is 1. The summed E-state index contributed by atoms with van der Waals surface area (Å²) in [6.07, 6.45) is 1.95. The Morgan fingerprint density at radius 1 is 1.27 bits per heavy atom. The van der Waals surface area contributed by atoms with Gasteiger partial charge in [0.15, 0.2) is 11.5 Å². The van der Waals surface area contributed by atoms with Gasteiger partial charge in [-0.1, -0.05) is 0 Å². The average Bonchev–Trinajstić information content (AvgIpc) is 2.60. The Bertz CT molecular complexity index is 538. The van der Waals surface area contributed by atoms with Gasteiger partial charge in [0.2, 0.25) is 5.75 Å². The lowest BCUT2D eigenvalue weighted by atomic mass is 10.0. The summed E-state index contributed by atoms with van der Waals surface area (Å²) in [5.41, 5.74) is 0.571. The lowest BCUT2D eigenvalue weighted by Crippen LogP contribution is -2.44. The highest BCUT2D eigenvalue weighted by atomic mass is 16.6. The second-order valence-corrected chi connectivity index (χ2v) is 5.60. The SMILES string of the molecule is COc1cc(C(=O)N(C)C2CCNCC2)cc2c1OCCO2. The monoisotopic (exact) mass is 306 g/mol. The second-order valence-electron chi connectivity index (χ2n) is 5.60. The maximum Gasteiger partial charge on any atom is 0.254 e. The van der Waals surface area contributed by atoms with E-state index < -0.39 is 0 Å². The van der Waals surface area contributed by atoms with Gasteiger partial charge in [-0.2, -0.15) is 0 Å². The van der Waals surface area contributed by atoms with E-state index in [4.69, 9.17) is 14.2 Å². The molecular formula is C16H22N2O4. The fourth-order valence-electron chi connectivity index (χ4n) is 2.96. The van der Waals surface area contributed by atoms with Crippen molar-refractivity contribution < 1.29 is 19.0 Å². The van der Waals surface area contributed by atoms with Crippen molar-refractivity contribution in [1.29, 1.82) is 0 Å². The Labute approximate surface area is 130 Å². The van der Waals surface area contributed by atoms with Crippen LogP contribution in [0.5, 0.6) is 17.2 Å². The van der Waals surface area contributed by atoms with E-state index in [0.717, 1.165) is 25.9 Å². The molecule has 1 fully saturated rings. The van der Waals surface area contributed by atoms with Gasteiger partial charge in [0.25, 0.3) is 5.91 Å². The number of hydrogen-bond donors (Lipinski definition) is 1. The molecule has 1 amide bonds. The minimum absolute atomic E-state index is 0.0119. The van der Waals surface area contributed by atoms with Crippen LogP contribution in [0.2, 0.25) is 0 Å². The first kappa shape index (κ1) is 15.0. The molecule has 0 saturated carbocycles. The van der Waals surface area contributed by atoms with Gasteiger partial charge in [-0.25, -0.2) is 0 Å². The van der Waals surface area contributed by atoms with Crippen LogP contribution in [0.15, 0.2) is 12.1 Å². The molecule has 2 heterocycles. The van der Waals surface area contributed by atoms with Crippen LogP contribution in [0.3, 0.4) is 0 Å². The molecule has 22 heavy (non-hydrogen) atoms. The summed E-state index contributed by atoms with van der Waals surface area (Å²) in [4.78, 5) is 14.6. The predicted octanol–water partition coefficient (Wildman–Crippen LogP) is 1.29. The van der Waals surface area contributed by atoms with Crippen LogP contribution < -0.4 is 19.5 Å². The van der Waals surface area contributed by atoms with Crippen molar-refractivity contribution in [3.05, 3.63) is 17.7 Å². The molecule has 0 radical (unpaired) electrons. The van der Waals surface area contributed by atoms with E-state index in [1.807, 2.05) is 11.9 Å². The van der Waals surface area contributed by atoms with Crippen molar-refractivity contribution in [1.82, 2.24) is 10.2 Å². The maximum absolute atomic E-state index is 12.8. The van der Waals surface area contributed by atoms with E-state index in [1.165, 1.54) is 0 Å². The van der Waals surface area contributed by atoms with Crippen molar-refractivity contribution in [2.24, 2.45) is 0 Å². The number of hydrogen-bond acceptors (Lipinski definition) is 5. The summed E-state index contributed by atoms with van der Waals surface area (Å²) >= 11 is 0. The van der Waals surface area contributed by atoms with Crippen LogP contribution in [0.25, 0.3) is 0 Å². The maximum atomic E-state index is 12.8. The average molecular weight is 306 g/mol. The first-order chi connectivity index (χ1) is 10.7. The predicted molar refractivity (Wildman–Crippen MR) is 82.0 cm³/mol. The van der Waals surface area contributed by atoms with Gasteiger partial charge in [0.05, 0.1) is 7.11 Å². The largest absolute Gasteiger partial charge is 0.493 e. The van der Waals surface area contributed by atoms with Crippen LogP contribution in [-0.4, -0.2) is 57.3 Å². The Morgan fingerprint density at radius 2 is 2.00 bits per heavy atom. The Morgan fingerprint density at radius 3 is 2.73 bits per heavy atom. The van der Waals surface area contributed by atoms with Gasteiger partial charge in [0.1, 0.15) is 13.2 Å². The molecule has 0 spiro atoms. The molecule has 1 aromatic rings. The second kappa shape index (κ2) is 6.44. The van der Waals surface area contributed by atoms with E-state index in [2.05, 4.69) is 5.32 Å². The number of rotatable bonds is 3. The zero-order valence-corrected chi connectivity index (χ0v) is 13.1. The quantitative estimate of drug-likeness (QED) is 0.912. The first-order valence-corrected chi connectivity index (χ1v) is 7.66. The fourth-order valence-corrected chi connectivity index (χ4v) is 2.96. The lowest BCUT2D eigenvalue weighted by molar-refractivity contribution is 0.0701. The number of methoxy groups -OCH3 is 1. The number of ether oxygens (including phenoxy) is 3. The topological polar surface area (TPSA) is 60.0 Å². The van der Waals surface area contributed by atoms with Gasteiger partial charge in [-0.3, -0.25) is 4.79 Å². The molecule has 0 unspecified atom stereocenters. The van der Waals surface area contributed by atoms with Gasteiger partial charge < -0.3 is 24.4 Å². The summed E-state index contributed by atoms with van der Waals surface area (Å²) in [5.74, 6) is 1.68. The van der Waals surface area contributed by atoms with Crippen molar-refractivity contribution in [2.45, 2.75) is 18.9 Å². The van der Waals surface area contributed by atoms with E-state index in [9.17, 15) is 4.79 Å². The number of piperidine rings is 1. The van der Waals surface area contributed by atoms with Crippen LogP contribution in [-0.2, 0) is 0 Å². The molecular weight excluding hydrogens is 284 g/mol. The van der Waals surface area contributed by atoms with Crippen LogP contribution >= 0.6 is 0 Å². The Hall–Kier alpha value is -1.95. The highest BCUT2D eigenvalue weighted by Gasteiger charge is 2.26. The van der Waals surface area contributed by atoms with Crippen LogP contribution in [0, 0.1) is 0 Å². The van der Waals surface area contributed by atoms with Gasteiger partial charge in [-0.05, 0) is 38.1 Å². The van der Waals surface area contributed by atoms with E-state index in [0.29, 0.717) is 36.0 Å². The molecule has 2 aliphatic heterocycles. The molecule has 3 rings (SSSR count). The van der Waals surface area contributed by atoms with Gasteiger partial charge in [-0.15, -0.1) is 0 Å². The number of carbonyl (C=O) groups is 1. The molecule has 1 N–H and O–H groups in total. The van der Waals surface area contributed by atoms with Gasteiger partial charge >= 0.3 is 0 Å². The zero-order valence-electron chi connectivity index (χ0n) is 13.1. The summed E-state index contributed by atoms with van der Waals surface area (Å²) < 4.78 is 16.5. The molecule has 1 aromatic carbocycles. The molecule has 6 nitrogen and oxygen atoms in total. The summed E-state index contributed by atoms with van der Waals surface area (Å²) in [6.45, 7) is 2.88. The zero-order chi connectivity index (χ0) is 15.5. The molecule has 120 valence electrons. The van der Waals surface area contributed by atoms with Crippen molar-refractivity contribution in [2.75, 3.05) is 40.5 Å². The molecule has 2 aliphatic rings. The minimum Gasteiger partial charge on any atom is -0.493 e. The molecule has 6 heteroatoms. The minimum atomic E-state index is -0.0119. The molecule has 1 saturated heterocycles. The number of nitrogens with zero attached hydrogens (tertiary/aromatic N) is 1. The number of carbonyl (C=O) groups excluding carboxylic acids is 1.